The minimum absolute atomic E-state index is 0.336. The number of carbonyl (C=O) groups is 1. The van der Waals surface area contributed by atoms with E-state index in [1.54, 1.807) is 0 Å². The van der Waals surface area contributed by atoms with E-state index in [2.05, 4.69) is 0 Å². The van der Waals surface area contributed by atoms with E-state index in [0.29, 0.717) is 5.92 Å². The van der Waals surface area contributed by atoms with Crippen LogP contribution >= 0.6 is 0 Å². The number of nitrogens with two attached hydrogens (primary N) is 1. The minimum Gasteiger partial charge on any atom is -0.366 e. The van der Waals surface area contributed by atoms with Crippen molar-refractivity contribution in [3.05, 3.63) is 12.2 Å². The van der Waals surface area contributed by atoms with Gasteiger partial charge >= 0.3 is 0 Å². The fourth-order valence-electron chi connectivity index (χ4n) is 0.520. The first-order valence-electron chi connectivity index (χ1n) is 2.76. The van der Waals surface area contributed by atoms with Crippen molar-refractivity contribution in [2.45, 2.75) is 12.8 Å². The molecule has 1 aliphatic carbocycles. The van der Waals surface area contributed by atoms with Gasteiger partial charge in [-0.15, -0.1) is 0 Å². The van der Waals surface area contributed by atoms with Gasteiger partial charge in [-0.2, -0.15) is 0 Å². The highest BCUT2D eigenvalue weighted by molar-refractivity contribution is 5.85. The molecule has 2 heteroatoms. The summed E-state index contributed by atoms with van der Waals surface area (Å²) in [7, 11) is 0. The molecule has 1 saturated carbocycles. The van der Waals surface area contributed by atoms with Gasteiger partial charge in [-0.3, -0.25) is 4.79 Å². The summed E-state index contributed by atoms with van der Waals surface area (Å²) in [5, 5.41) is 0. The Balaban J connectivity index is 2.23. The van der Waals surface area contributed by atoms with Crippen LogP contribution in [0.3, 0.4) is 0 Å². The fourth-order valence-corrected chi connectivity index (χ4v) is 0.520. The van der Waals surface area contributed by atoms with Crippen molar-refractivity contribution in [2.75, 3.05) is 0 Å². The Labute approximate surface area is 48.4 Å². The summed E-state index contributed by atoms with van der Waals surface area (Å²) < 4.78 is 0. The lowest BCUT2D eigenvalue weighted by Crippen LogP contribution is -2.05. The van der Waals surface area contributed by atoms with Gasteiger partial charge < -0.3 is 5.73 Å². The maximum atomic E-state index is 10.1. The zero-order valence-electron chi connectivity index (χ0n) is 4.63. The highest BCUT2D eigenvalue weighted by Crippen LogP contribution is 2.29. The molecule has 0 spiro atoms. The number of allylic oxidation sites excluding steroid dienone is 1. The minimum atomic E-state index is -0.336. The van der Waals surface area contributed by atoms with Gasteiger partial charge in [0.25, 0.3) is 0 Å². The van der Waals surface area contributed by atoms with E-state index in [-0.39, 0.29) is 5.91 Å². The highest BCUT2D eigenvalue weighted by Gasteiger charge is 2.16. The van der Waals surface area contributed by atoms with E-state index in [1.807, 2.05) is 6.08 Å². The van der Waals surface area contributed by atoms with Crippen LogP contribution in [-0.2, 0) is 4.79 Å². The first kappa shape index (κ1) is 5.35. The Morgan fingerprint density at radius 1 is 1.62 bits per heavy atom. The molecule has 0 heterocycles. The highest BCUT2D eigenvalue weighted by atomic mass is 16.1. The summed E-state index contributed by atoms with van der Waals surface area (Å²) in [6, 6.07) is 0. The Bertz CT molecular complexity index is 124. The van der Waals surface area contributed by atoms with Crippen molar-refractivity contribution < 1.29 is 4.79 Å². The molecule has 1 aliphatic rings. The van der Waals surface area contributed by atoms with Gasteiger partial charge in [0.1, 0.15) is 0 Å². The molecule has 2 N–H and O–H groups in total. The van der Waals surface area contributed by atoms with Crippen LogP contribution in [0.5, 0.6) is 0 Å². The van der Waals surface area contributed by atoms with Gasteiger partial charge in [-0.25, -0.2) is 0 Å². The van der Waals surface area contributed by atoms with Crippen LogP contribution in [0.4, 0.5) is 0 Å². The monoisotopic (exact) mass is 111 g/mol. The predicted octanol–water partition coefficient (Wildman–Crippen LogP) is 0.438. The van der Waals surface area contributed by atoms with E-state index in [0.717, 1.165) is 0 Å². The summed E-state index contributed by atoms with van der Waals surface area (Å²) in [5.41, 5.74) is 4.84. The van der Waals surface area contributed by atoms with Crippen LogP contribution in [0.2, 0.25) is 0 Å². The molecular formula is C6H9NO. The number of hydrogen-bond donors (Lipinski definition) is 1. The second-order valence-electron chi connectivity index (χ2n) is 2.10. The van der Waals surface area contributed by atoms with Crippen LogP contribution in [0.15, 0.2) is 12.2 Å². The summed E-state index contributed by atoms with van der Waals surface area (Å²) in [6.07, 6.45) is 5.77. The average molecular weight is 111 g/mol. The average Bonchev–Trinajstić information content (AvgIpc) is 2.41. The molecule has 0 radical (unpaired) electrons. The van der Waals surface area contributed by atoms with Gasteiger partial charge in [-0.1, -0.05) is 6.08 Å². The lowest BCUT2D eigenvalue weighted by molar-refractivity contribution is -0.113. The van der Waals surface area contributed by atoms with E-state index in [1.165, 1.54) is 18.9 Å². The third-order valence-electron chi connectivity index (χ3n) is 1.15. The molecule has 0 aromatic rings. The van der Waals surface area contributed by atoms with Crippen LogP contribution in [0.1, 0.15) is 12.8 Å². The first-order valence-corrected chi connectivity index (χ1v) is 2.76. The summed E-state index contributed by atoms with van der Waals surface area (Å²) in [6.45, 7) is 0. The van der Waals surface area contributed by atoms with Crippen molar-refractivity contribution in [2.24, 2.45) is 11.7 Å². The van der Waals surface area contributed by atoms with E-state index in [4.69, 9.17) is 5.73 Å². The fraction of sp³-hybridized carbons (Fsp3) is 0.500. The third kappa shape index (κ3) is 1.78. The second-order valence-corrected chi connectivity index (χ2v) is 2.10. The molecule has 0 unspecified atom stereocenters. The number of rotatable bonds is 2. The molecule has 0 bridgehead atoms. The molecule has 44 valence electrons. The third-order valence-corrected chi connectivity index (χ3v) is 1.15. The Morgan fingerprint density at radius 3 is 2.62 bits per heavy atom. The van der Waals surface area contributed by atoms with Crippen molar-refractivity contribution in [3.8, 4) is 0 Å². The molecule has 1 amide bonds. The molecule has 1 rings (SSSR count). The Morgan fingerprint density at radius 2 is 2.25 bits per heavy atom. The second kappa shape index (κ2) is 1.99. The SMILES string of the molecule is NC(=O)/C=C\C1CC1. The predicted molar refractivity (Wildman–Crippen MR) is 31.1 cm³/mol. The van der Waals surface area contributed by atoms with Gasteiger partial charge in [0, 0.05) is 0 Å². The van der Waals surface area contributed by atoms with Crippen molar-refractivity contribution >= 4 is 5.91 Å². The Kier molecular flexibility index (Phi) is 1.33. The molecular weight excluding hydrogens is 102 g/mol. The first-order chi connectivity index (χ1) is 3.79. The van der Waals surface area contributed by atoms with Gasteiger partial charge in [0.15, 0.2) is 0 Å². The quantitative estimate of drug-likeness (QED) is 0.516. The molecule has 1 fully saturated rings. The Hall–Kier alpha value is -0.790. The summed E-state index contributed by atoms with van der Waals surface area (Å²) in [5.74, 6) is 0.319. The molecule has 2 nitrogen and oxygen atoms in total. The summed E-state index contributed by atoms with van der Waals surface area (Å²) in [4.78, 5) is 10.1. The lowest BCUT2D eigenvalue weighted by Gasteiger charge is -1.76. The largest absolute Gasteiger partial charge is 0.366 e. The zero-order chi connectivity index (χ0) is 5.98. The van der Waals surface area contributed by atoms with E-state index >= 15 is 0 Å². The lowest BCUT2D eigenvalue weighted by atomic mass is 10.4. The van der Waals surface area contributed by atoms with Gasteiger partial charge in [0.05, 0.1) is 0 Å². The zero-order valence-corrected chi connectivity index (χ0v) is 4.63. The van der Waals surface area contributed by atoms with Crippen molar-refractivity contribution in [1.82, 2.24) is 0 Å². The van der Waals surface area contributed by atoms with Crippen LogP contribution in [0, 0.1) is 5.92 Å². The maximum absolute atomic E-state index is 10.1. The number of primary amides is 1. The standard InChI is InChI=1S/C6H9NO/c7-6(8)4-3-5-1-2-5/h3-5H,1-2H2,(H2,7,8)/b4-3-. The number of carbonyl (C=O) groups excluding carboxylic acids is 1. The molecule has 0 aromatic carbocycles. The summed E-state index contributed by atoms with van der Waals surface area (Å²) >= 11 is 0. The molecule has 0 aromatic heterocycles. The molecule has 8 heavy (non-hydrogen) atoms. The number of amides is 1. The van der Waals surface area contributed by atoms with E-state index in [9.17, 15) is 4.79 Å². The van der Waals surface area contributed by atoms with E-state index < -0.39 is 0 Å². The molecule has 0 saturated heterocycles. The smallest absolute Gasteiger partial charge is 0.241 e. The normalized spacial score (nSPS) is 19.5. The van der Waals surface area contributed by atoms with Crippen molar-refractivity contribution in [1.29, 1.82) is 0 Å². The molecule has 0 aliphatic heterocycles. The van der Waals surface area contributed by atoms with Crippen LogP contribution in [-0.4, -0.2) is 5.91 Å². The van der Waals surface area contributed by atoms with Crippen molar-refractivity contribution in [3.63, 3.8) is 0 Å². The van der Waals surface area contributed by atoms with Gasteiger partial charge in [-0.05, 0) is 24.8 Å². The topological polar surface area (TPSA) is 43.1 Å². The maximum Gasteiger partial charge on any atom is 0.241 e. The van der Waals surface area contributed by atoms with Crippen LogP contribution in [0.25, 0.3) is 0 Å². The molecule has 0 atom stereocenters. The van der Waals surface area contributed by atoms with Gasteiger partial charge in [0.2, 0.25) is 5.91 Å². The number of hydrogen-bond acceptors (Lipinski definition) is 1. The van der Waals surface area contributed by atoms with Crippen LogP contribution < -0.4 is 5.73 Å².